The fraction of sp³-hybridized carbons (Fsp3) is 0.273. The Hall–Kier alpha value is -2.09. The zero-order valence-corrected chi connectivity index (χ0v) is 11.1. The molecule has 0 spiro atoms. The van der Waals surface area contributed by atoms with Crippen molar-refractivity contribution in [3.05, 3.63) is 24.2 Å². The van der Waals surface area contributed by atoms with E-state index in [9.17, 15) is 4.79 Å². The summed E-state index contributed by atoms with van der Waals surface area (Å²) in [5.74, 6) is 1.87. The molecule has 3 N–H and O–H groups in total. The van der Waals surface area contributed by atoms with Crippen LogP contribution >= 0.6 is 11.8 Å². The number of carbonyl (C=O) groups excluding carboxylic acids is 1. The minimum atomic E-state index is -0.136. The Morgan fingerprint density at radius 3 is 2.95 bits per heavy atom. The molecule has 19 heavy (non-hydrogen) atoms. The van der Waals surface area contributed by atoms with Gasteiger partial charge < -0.3 is 15.6 Å². The average molecular weight is 279 g/mol. The molecule has 2 aromatic heterocycles. The lowest BCUT2D eigenvalue weighted by molar-refractivity contribution is -0.115. The summed E-state index contributed by atoms with van der Waals surface area (Å²) in [7, 11) is 0. The summed E-state index contributed by atoms with van der Waals surface area (Å²) < 4.78 is 4.85. The molecule has 0 aliphatic heterocycles. The Balaban J connectivity index is 1.77. The van der Waals surface area contributed by atoms with Gasteiger partial charge in [-0.25, -0.2) is 9.97 Å². The molecule has 0 aliphatic carbocycles. The van der Waals surface area contributed by atoms with E-state index in [4.69, 9.17) is 10.3 Å². The Labute approximate surface area is 114 Å². The fourth-order valence-electron chi connectivity index (χ4n) is 1.32. The van der Waals surface area contributed by atoms with Crippen molar-refractivity contribution in [2.45, 2.75) is 18.4 Å². The fourth-order valence-corrected chi connectivity index (χ4v) is 2.14. The van der Waals surface area contributed by atoms with Gasteiger partial charge in [-0.2, -0.15) is 0 Å². The van der Waals surface area contributed by atoms with Crippen LogP contribution in [-0.2, 0) is 4.79 Å². The summed E-state index contributed by atoms with van der Waals surface area (Å²) in [5, 5.41) is 6.95. The Bertz CT molecular complexity index is 572. The first-order chi connectivity index (χ1) is 9.15. The molecule has 2 rings (SSSR count). The van der Waals surface area contributed by atoms with Crippen LogP contribution < -0.4 is 11.1 Å². The molecule has 0 aromatic carbocycles. The Morgan fingerprint density at radius 1 is 1.47 bits per heavy atom. The van der Waals surface area contributed by atoms with Crippen LogP contribution in [0.1, 0.15) is 12.2 Å². The lowest BCUT2D eigenvalue weighted by Crippen LogP contribution is -2.12. The van der Waals surface area contributed by atoms with E-state index in [1.54, 1.807) is 19.2 Å². The van der Waals surface area contributed by atoms with Crippen LogP contribution in [0.2, 0.25) is 0 Å². The lowest BCUT2D eigenvalue weighted by atomic mass is 10.4. The Kier molecular flexibility index (Phi) is 4.35. The number of anilines is 2. The number of thioether (sulfide) groups is 1. The number of nitrogen functional groups attached to an aromatic ring is 1. The van der Waals surface area contributed by atoms with Crippen LogP contribution in [0.15, 0.2) is 28.0 Å². The van der Waals surface area contributed by atoms with Gasteiger partial charge in [0, 0.05) is 30.6 Å². The van der Waals surface area contributed by atoms with E-state index < -0.39 is 0 Å². The topological polar surface area (TPSA) is 107 Å². The molecule has 0 bridgehead atoms. The number of hydrogen-bond donors (Lipinski definition) is 2. The molecule has 0 aliphatic rings. The molecule has 0 radical (unpaired) electrons. The number of rotatable bonds is 5. The summed E-state index contributed by atoms with van der Waals surface area (Å²) in [5.41, 5.74) is 5.65. The highest BCUT2D eigenvalue weighted by atomic mass is 32.2. The first kappa shape index (κ1) is 13.3. The maximum atomic E-state index is 11.6. The van der Waals surface area contributed by atoms with Gasteiger partial charge in [0.15, 0.2) is 11.6 Å². The molecule has 0 saturated carbocycles. The number of aryl methyl sites for hydroxylation is 1. The quantitative estimate of drug-likeness (QED) is 0.798. The summed E-state index contributed by atoms with van der Waals surface area (Å²) >= 11 is 1.39. The van der Waals surface area contributed by atoms with Crippen LogP contribution in [-0.4, -0.2) is 26.8 Å². The molecule has 8 heteroatoms. The third-order valence-corrected chi connectivity index (χ3v) is 3.15. The van der Waals surface area contributed by atoms with Crippen molar-refractivity contribution >= 4 is 29.3 Å². The van der Waals surface area contributed by atoms with E-state index in [0.29, 0.717) is 34.6 Å². The molecule has 100 valence electrons. The maximum Gasteiger partial charge on any atom is 0.226 e. The predicted molar refractivity (Wildman–Crippen MR) is 71.7 cm³/mol. The number of aromatic nitrogens is 3. The highest BCUT2D eigenvalue weighted by Crippen LogP contribution is 2.20. The molecule has 7 nitrogen and oxygen atoms in total. The number of carbonyl (C=O) groups is 1. The van der Waals surface area contributed by atoms with Crippen molar-refractivity contribution in [1.29, 1.82) is 0 Å². The smallest absolute Gasteiger partial charge is 0.226 e. The SMILES string of the molecule is Cc1cc(NC(=O)CCSc2nccnc2N)no1. The molecule has 0 fully saturated rings. The molecular formula is C11H13N5O2S. The van der Waals surface area contributed by atoms with Crippen LogP contribution in [0, 0.1) is 6.92 Å². The van der Waals surface area contributed by atoms with Gasteiger partial charge >= 0.3 is 0 Å². The van der Waals surface area contributed by atoms with Gasteiger partial charge in [-0.15, -0.1) is 11.8 Å². The molecule has 2 heterocycles. The van der Waals surface area contributed by atoms with E-state index in [2.05, 4.69) is 20.4 Å². The highest BCUT2D eigenvalue weighted by Gasteiger charge is 2.07. The molecular weight excluding hydrogens is 266 g/mol. The van der Waals surface area contributed by atoms with Crippen molar-refractivity contribution in [3.8, 4) is 0 Å². The van der Waals surface area contributed by atoms with Crippen molar-refractivity contribution in [1.82, 2.24) is 15.1 Å². The second-order valence-electron chi connectivity index (χ2n) is 3.72. The van der Waals surface area contributed by atoms with Gasteiger partial charge in [-0.05, 0) is 6.92 Å². The summed E-state index contributed by atoms with van der Waals surface area (Å²) in [4.78, 5) is 19.6. The van der Waals surface area contributed by atoms with Gasteiger partial charge in [-0.1, -0.05) is 5.16 Å². The monoisotopic (exact) mass is 279 g/mol. The molecule has 1 amide bonds. The molecule has 0 atom stereocenters. The van der Waals surface area contributed by atoms with E-state index in [1.807, 2.05) is 0 Å². The number of amides is 1. The van der Waals surface area contributed by atoms with Gasteiger partial charge in [0.1, 0.15) is 10.8 Å². The van der Waals surface area contributed by atoms with Gasteiger partial charge in [0.25, 0.3) is 0 Å². The second-order valence-corrected chi connectivity index (χ2v) is 4.80. The number of nitrogens with one attached hydrogen (secondary N) is 1. The van der Waals surface area contributed by atoms with Crippen molar-refractivity contribution in [3.63, 3.8) is 0 Å². The number of nitrogens with two attached hydrogens (primary N) is 1. The largest absolute Gasteiger partial charge is 0.381 e. The standard InChI is InChI=1S/C11H13N5O2S/c1-7-6-8(16-18-7)15-9(17)2-5-19-11-10(12)13-3-4-14-11/h3-4,6H,2,5H2,1H3,(H2,12,13)(H,15,16,17). The summed E-state index contributed by atoms with van der Waals surface area (Å²) in [6.45, 7) is 1.76. The summed E-state index contributed by atoms with van der Waals surface area (Å²) in [6, 6.07) is 1.66. The highest BCUT2D eigenvalue weighted by molar-refractivity contribution is 7.99. The van der Waals surface area contributed by atoms with Crippen LogP contribution in [0.4, 0.5) is 11.6 Å². The number of nitrogens with zero attached hydrogens (tertiary/aromatic N) is 3. The van der Waals surface area contributed by atoms with E-state index in [0.717, 1.165) is 0 Å². The van der Waals surface area contributed by atoms with Crippen molar-refractivity contribution in [2.24, 2.45) is 0 Å². The van der Waals surface area contributed by atoms with Crippen LogP contribution in [0.3, 0.4) is 0 Å². The first-order valence-electron chi connectivity index (χ1n) is 5.57. The van der Waals surface area contributed by atoms with Crippen molar-refractivity contribution < 1.29 is 9.32 Å². The second kappa shape index (κ2) is 6.19. The zero-order chi connectivity index (χ0) is 13.7. The lowest BCUT2D eigenvalue weighted by Gasteiger charge is -2.03. The van der Waals surface area contributed by atoms with Crippen molar-refractivity contribution in [2.75, 3.05) is 16.8 Å². The summed E-state index contributed by atoms with van der Waals surface area (Å²) in [6.07, 6.45) is 3.42. The Morgan fingerprint density at radius 2 is 2.26 bits per heavy atom. The van der Waals surface area contributed by atoms with Crippen LogP contribution in [0.5, 0.6) is 0 Å². The normalized spacial score (nSPS) is 10.4. The van der Waals surface area contributed by atoms with E-state index in [1.165, 1.54) is 18.0 Å². The van der Waals surface area contributed by atoms with Gasteiger partial charge in [-0.3, -0.25) is 4.79 Å². The molecule has 0 unspecified atom stereocenters. The van der Waals surface area contributed by atoms with Crippen LogP contribution in [0.25, 0.3) is 0 Å². The third-order valence-electron chi connectivity index (χ3n) is 2.15. The molecule has 2 aromatic rings. The zero-order valence-electron chi connectivity index (χ0n) is 10.3. The molecule has 0 saturated heterocycles. The number of hydrogen-bond acceptors (Lipinski definition) is 7. The predicted octanol–water partition coefficient (Wildman–Crippen LogP) is 1.48. The maximum absolute atomic E-state index is 11.6. The third kappa shape index (κ3) is 3.95. The van der Waals surface area contributed by atoms with Gasteiger partial charge in [0.05, 0.1) is 0 Å². The minimum Gasteiger partial charge on any atom is -0.381 e. The first-order valence-corrected chi connectivity index (χ1v) is 6.56. The van der Waals surface area contributed by atoms with E-state index in [-0.39, 0.29) is 5.91 Å². The average Bonchev–Trinajstić information content (AvgIpc) is 2.77. The van der Waals surface area contributed by atoms with Gasteiger partial charge in [0.2, 0.25) is 5.91 Å². The minimum absolute atomic E-state index is 0.136. The van der Waals surface area contributed by atoms with E-state index >= 15 is 0 Å².